The van der Waals surface area contributed by atoms with Crippen molar-refractivity contribution in [2.75, 3.05) is 18.2 Å². The van der Waals surface area contributed by atoms with Crippen LogP contribution in [0.2, 0.25) is 0 Å². The highest BCUT2D eigenvalue weighted by Gasteiger charge is 2.18. The molecule has 2 aromatic carbocycles. The molecule has 0 amide bonds. The number of para-hydroxylation sites is 1. The SMILES string of the molecule is COC(=O)c1ccc(-n2c(C)cc(C(=O)CSc3nnc(Nc4c(C)cccc4C)s3)c2C)cc1. The number of carbonyl (C=O) groups excluding carboxylic acids is 2. The Morgan fingerprint density at radius 3 is 2.37 bits per heavy atom. The summed E-state index contributed by atoms with van der Waals surface area (Å²) in [6.45, 7) is 7.99. The zero-order valence-electron chi connectivity index (χ0n) is 20.2. The molecule has 0 saturated carbocycles. The highest BCUT2D eigenvalue weighted by molar-refractivity contribution is 8.01. The Balaban J connectivity index is 1.44. The van der Waals surface area contributed by atoms with Gasteiger partial charge in [-0.05, 0) is 69.2 Å². The molecule has 1 N–H and O–H groups in total. The van der Waals surface area contributed by atoms with Crippen LogP contribution in [0.5, 0.6) is 0 Å². The minimum atomic E-state index is -0.380. The molecule has 4 rings (SSSR count). The van der Waals surface area contributed by atoms with E-state index in [9.17, 15) is 9.59 Å². The molecule has 35 heavy (non-hydrogen) atoms. The van der Waals surface area contributed by atoms with Crippen LogP contribution in [0.3, 0.4) is 0 Å². The van der Waals surface area contributed by atoms with Gasteiger partial charge in [-0.25, -0.2) is 4.79 Å². The van der Waals surface area contributed by atoms with Crippen molar-refractivity contribution in [3.63, 3.8) is 0 Å². The molecule has 0 atom stereocenters. The topological polar surface area (TPSA) is 86.1 Å². The molecule has 2 aromatic heterocycles. The molecular weight excluding hydrogens is 480 g/mol. The zero-order chi connectivity index (χ0) is 25.1. The normalized spacial score (nSPS) is 10.9. The van der Waals surface area contributed by atoms with Crippen molar-refractivity contribution in [3.05, 3.63) is 82.2 Å². The van der Waals surface area contributed by atoms with E-state index >= 15 is 0 Å². The number of hydrogen-bond acceptors (Lipinski definition) is 8. The van der Waals surface area contributed by atoms with Gasteiger partial charge in [-0.15, -0.1) is 10.2 Å². The first-order valence-electron chi connectivity index (χ1n) is 11.0. The number of thioether (sulfide) groups is 1. The summed E-state index contributed by atoms with van der Waals surface area (Å²) in [6, 6.07) is 15.2. The summed E-state index contributed by atoms with van der Waals surface area (Å²) < 4.78 is 7.51. The summed E-state index contributed by atoms with van der Waals surface area (Å²) in [5, 5.41) is 12.5. The summed E-state index contributed by atoms with van der Waals surface area (Å²) in [5.41, 5.74) is 7.14. The van der Waals surface area contributed by atoms with Crippen LogP contribution in [-0.2, 0) is 4.74 Å². The van der Waals surface area contributed by atoms with Gasteiger partial charge >= 0.3 is 5.97 Å². The molecule has 0 radical (unpaired) electrons. The molecule has 0 aliphatic rings. The third-order valence-corrected chi connectivity index (χ3v) is 7.70. The predicted molar refractivity (Wildman–Crippen MR) is 141 cm³/mol. The second-order valence-electron chi connectivity index (χ2n) is 8.14. The highest BCUT2D eigenvalue weighted by atomic mass is 32.2. The second-order valence-corrected chi connectivity index (χ2v) is 10.3. The van der Waals surface area contributed by atoms with Gasteiger partial charge in [0.2, 0.25) is 5.13 Å². The smallest absolute Gasteiger partial charge is 0.337 e. The molecule has 0 spiro atoms. The number of nitrogens with one attached hydrogen (secondary N) is 1. The first-order chi connectivity index (χ1) is 16.8. The average Bonchev–Trinajstić information content (AvgIpc) is 3.42. The molecule has 0 fully saturated rings. The number of methoxy groups -OCH3 is 1. The minimum absolute atomic E-state index is 0.0278. The highest BCUT2D eigenvalue weighted by Crippen LogP contribution is 2.31. The first kappa shape index (κ1) is 24.7. The number of aromatic nitrogens is 3. The van der Waals surface area contributed by atoms with E-state index in [1.165, 1.54) is 30.2 Å². The Kier molecular flexibility index (Phi) is 7.37. The number of esters is 1. The monoisotopic (exact) mass is 506 g/mol. The number of benzene rings is 2. The molecule has 180 valence electrons. The van der Waals surface area contributed by atoms with E-state index in [2.05, 4.69) is 41.5 Å². The van der Waals surface area contributed by atoms with E-state index in [0.717, 1.165) is 38.2 Å². The standard InChI is InChI=1S/C26H26N4O3S2/c1-15-7-6-8-16(2)23(15)27-25-28-29-26(35-25)34-14-22(31)21-13-17(3)30(18(21)4)20-11-9-19(10-12-20)24(32)33-5/h6-13H,14H2,1-5H3,(H,27,28). The zero-order valence-corrected chi connectivity index (χ0v) is 21.8. The molecule has 4 aromatic rings. The van der Waals surface area contributed by atoms with Gasteiger partial charge in [-0.2, -0.15) is 0 Å². The first-order valence-corrected chi connectivity index (χ1v) is 12.8. The van der Waals surface area contributed by atoms with Crippen LogP contribution < -0.4 is 5.32 Å². The second kappa shape index (κ2) is 10.5. The van der Waals surface area contributed by atoms with Gasteiger partial charge < -0.3 is 14.6 Å². The molecular formula is C26H26N4O3S2. The van der Waals surface area contributed by atoms with Gasteiger partial charge in [0.1, 0.15) is 0 Å². The number of nitrogens with zero attached hydrogens (tertiary/aromatic N) is 3. The van der Waals surface area contributed by atoms with Gasteiger partial charge in [0.15, 0.2) is 10.1 Å². The van der Waals surface area contributed by atoms with Crippen molar-refractivity contribution >= 4 is 45.7 Å². The van der Waals surface area contributed by atoms with E-state index < -0.39 is 0 Å². The maximum absolute atomic E-state index is 13.1. The van der Waals surface area contributed by atoms with Gasteiger partial charge in [0.05, 0.1) is 18.4 Å². The van der Waals surface area contributed by atoms with Crippen molar-refractivity contribution in [1.82, 2.24) is 14.8 Å². The fourth-order valence-corrected chi connectivity index (χ4v) is 5.59. The van der Waals surface area contributed by atoms with Crippen molar-refractivity contribution in [2.24, 2.45) is 0 Å². The third kappa shape index (κ3) is 5.31. The maximum atomic E-state index is 13.1. The number of aryl methyl sites for hydroxylation is 3. The molecule has 9 heteroatoms. The molecule has 0 unspecified atom stereocenters. The van der Waals surface area contributed by atoms with Gasteiger partial charge in [0.25, 0.3) is 0 Å². The van der Waals surface area contributed by atoms with Crippen LogP contribution in [-0.4, -0.2) is 39.4 Å². The van der Waals surface area contributed by atoms with Gasteiger partial charge in [-0.1, -0.05) is 41.3 Å². The van der Waals surface area contributed by atoms with E-state index in [0.29, 0.717) is 16.3 Å². The quantitative estimate of drug-likeness (QED) is 0.176. The van der Waals surface area contributed by atoms with Crippen molar-refractivity contribution in [1.29, 1.82) is 0 Å². The molecule has 0 aliphatic carbocycles. The average molecular weight is 507 g/mol. The Hall–Kier alpha value is -3.43. The van der Waals surface area contributed by atoms with Crippen LogP contribution in [0.1, 0.15) is 43.2 Å². The number of carbonyl (C=O) groups is 2. The lowest BCUT2D eigenvalue weighted by molar-refractivity contribution is 0.0600. The molecule has 2 heterocycles. The van der Waals surface area contributed by atoms with Crippen LogP contribution in [0.4, 0.5) is 10.8 Å². The number of rotatable bonds is 8. The predicted octanol–water partition coefficient (Wildman–Crippen LogP) is 6.07. The summed E-state index contributed by atoms with van der Waals surface area (Å²) in [5.74, 6) is -0.0849. The van der Waals surface area contributed by atoms with Crippen LogP contribution in [0, 0.1) is 27.7 Å². The number of ether oxygens (including phenoxy) is 1. The fraction of sp³-hybridized carbons (Fsp3) is 0.231. The van der Waals surface area contributed by atoms with E-state index in [4.69, 9.17) is 4.74 Å². The molecule has 0 saturated heterocycles. The third-order valence-electron chi connectivity index (χ3n) is 5.72. The lowest BCUT2D eigenvalue weighted by atomic mass is 10.1. The number of ketones is 1. The Morgan fingerprint density at radius 2 is 1.71 bits per heavy atom. The molecule has 0 bridgehead atoms. The summed E-state index contributed by atoms with van der Waals surface area (Å²) in [4.78, 5) is 24.8. The lowest BCUT2D eigenvalue weighted by Crippen LogP contribution is -2.06. The van der Waals surface area contributed by atoms with Crippen LogP contribution >= 0.6 is 23.1 Å². The van der Waals surface area contributed by atoms with E-state index in [1.807, 2.05) is 42.7 Å². The Bertz CT molecular complexity index is 1370. The fourth-order valence-electron chi connectivity index (χ4n) is 3.95. The van der Waals surface area contributed by atoms with Crippen molar-refractivity contribution < 1.29 is 14.3 Å². The van der Waals surface area contributed by atoms with Gasteiger partial charge in [-0.3, -0.25) is 4.79 Å². The number of Topliss-reactive ketones (excluding diaryl/α,β-unsaturated/α-hetero) is 1. The molecule has 0 aliphatic heterocycles. The number of hydrogen-bond donors (Lipinski definition) is 1. The summed E-state index contributed by atoms with van der Waals surface area (Å²) >= 11 is 2.82. The van der Waals surface area contributed by atoms with E-state index in [1.54, 1.807) is 12.1 Å². The lowest BCUT2D eigenvalue weighted by Gasteiger charge is -2.10. The largest absolute Gasteiger partial charge is 0.465 e. The van der Waals surface area contributed by atoms with Crippen molar-refractivity contribution in [3.8, 4) is 5.69 Å². The van der Waals surface area contributed by atoms with Gasteiger partial charge in [0, 0.05) is 28.3 Å². The van der Waals surface area contributed by atoms with E-state index in [-0.39, 0.29) is 17.5 Å². The van der Waals surface area contributed by atoms with Crippen LogP contribution in [0.15, 0.2) is 52.9 Å². The number of anilines is 2. The van der Waals surface area contributed by atoms with Crippen LogP contribution in [0.25, 0.3) is 5.69 Å². The Morgan fingerprint density at radius 1 is 1.03 bits per heavy atom. The Labute approximate surface area is 212 Å². The summed E-state index contributed by atoms with van der Waals surface area (Å²) in [7, 11) is 1.36. The summed E-state index contributed by atoms with van der Waals surface area (Å²) in [6.07, 6.45) is 0. The molecule has 7 nitrogen and oxygen atoms in total. The minimum Gasteiger partial charge on any atom is -0.465 e. The van der Waals surface area contributed by atoms with Crippen molar-refractivity contribution in [2.45, 2.75) is 32.0 Å². The maximum Gasteiger partial charge on any atom is 0.337 e.